The Morgan fingerprint density at radius 3 is 2.81 bits per heavy atom. The first kappa shape index (κ1) is 18.4. The molecule has 3 rings (SSSR count). The lowest BCUT2D eigenvalue weighted by Gasteiger charge is -2.32. The lowest BCUT2D eigenvalue weighted by atomic mass is 10.1. The van der Waals surface area contributed by atoms with Crippen LogP contribution < -0.4 is 10.1 Å². The van der Waals surface area contributed by atoms with Crippen LogP contribution in [0.1, 0.15) is 31.4 Å². The molecule has 2 amide bonds. The smallest absolute Gasteiger partial charge is 0.317 e. The lowest BCUT2D eigenvalue weighted by Crippen LogP contribution is -2.47. The van der Waals surface area contributed by atoms with Crippen LogP contribution in [0.2, 0.25) is 5.02 Å². The zero-order valence-corrected chi connectivity index (χ0v) is 15.1. The average Bonchev–Trinajstić information content (AvgIpc) is 2.63. The maximum absolute atomic E-state index is 13.2. The van der Waals surface area contributed by atoms with Crippen LogP contribution >= 0.6 is 11.6 Å². The molecule has 1 N–H and O–H groups in total. The van der Waals surface area contributed by atoms with E-state index in [1.807, 2.05) is 6.92 Å². The molecule has 1 saturated heterocycles. The van der Waals surface area contributed by atoms with Crippen molar-refractivity contribution in [2.75, 3.05) is 13.1 Å². The number of carbonyl (C=O) groups excluding carboxylic acids is 1. The van der Waals surface area contributed by atoms with Crippen molar-refractivity contribution in [3.63, 3.8) is 0 Å². The van der Waals surface area contributed by atoms with Crippen LogP contribution in [-0.2, 0) is 0 Å². The first-order valence-electron chi connectivity index (χ1n) is 8.46. The SMILES string of the molecule is C[C@@H](NC(=O)N1CCC(Oc2cnccn2)CC1)c1ccc(F)cc1Cl. The molecule has 1 atom stereocenters. The molecule has 1 aliphatic rings. The van der Waals surface area contributed by atoms with Crippen molar-refractivity contribution >= 4 is 17.6 Å². The van der Waals surface area contributed by atoms with Crippen LogP contribution in [-0.4, -0.2) is 40.1 Å². The van der Waals surface area contributed by atoms with Gasteiger partial charge in [-0.2, -0.15) is 0 Å². The van der Waals surface area contributed by atoms with E-state index in [-0.39, 0.29) is 18.2 Å². The zero-order chi connectivity index (χ0) is 18.5. The van der Waals surface area contributed by atoms with Crippen molar-refractivity contribution < 1.29 is 13.9 Å². The Hall–Kier alpha value is -2.41. The summed E-state index contributed by atoms with van der Waals surface area (Å²) in [5.41, 5.74) is 0.683. The Balaban J connectivity index is 1.50. The molecular formula is C18H20ClFN4O2. The summed E-state index contributed by atoms with van der Waals surface area (Å²) in [5, 5.41) is 3.21. The molecule has 0 radical (unpaired) electrons. The fourth-order valence-electron chi connectivity index (χ4n) is 2.90. The number of amides is 2. The van der Waals surface area contributed by atoms with Gasteiger partial charge in [0.05, 0.1) is 12.2 Å². The van der Waals surface area contributed by atoms with Crippen LogP contribution in [0.25, 0.3) is 0 Å². The van der Waals surface area contributed by atoms with E-state index in [1.54, 1.807) is 29.6 Å². The molecule has 0 spiro atoms. The second-order valence-electron chi connectivity index (χ2n) is 6.18. The standard InChI is InChI=1S/C18H20ClFN4O2/c1-12(15-3-2-13(20)10-16(15)19)23-18(25)24-8-4-14(5-9-24)26-17-11-21-6-7-22-17/h2-3,6-7,10-12,14H,4-5,8-9H2,1H3,(H,23,25)/t12-/m1/s1. The Morgan fingerprint density at radius 2 is 2.15 bits per heavy atom. The maximum atomic E-state index is 13.2. The topological polar surface area (TPSA) is 67.4 Å². The van der Waals surface area contributed by atoms with Gasteiger partial charge in [-0.1, -0.05) is 17.7 Å². The summed E-state index contributed by atoms with van der Waals surface area (Å²) in [6, 6.07) is 3.68. The molecule has 1 aliphatic heterocycles. The van der Waals surface area contributed by atoms with Crippen molar-refractivity contribution in [3.8, 4) is 5.88 Å². The number of halogens is 2. The third-order valence-electron chi connectivity index (χ3n) is 4.33. The van der Waals surface area contributed by atoms with E-state index in [0.29, 0.717) is 29.6 Å². The molecule has 0 aliphatic carbocycles. The van der Waals surface area contributed by atoms with Gasteiger partial charge in [0.15, 0.2) is 0 Å². The highest BCUT2D eigenvalue weighted by molar-refractivity contribution is 6.31. The van der Waals surface area contributed by atoms with E-state index < -0.39 is 5.82 Å². The predicted octanol–water partition coefficient (Wildman–Crippen LogP) is 3.58. The second-order valence-corrected chi connectivity index (χ2v) is 6.59. The van der Waals surface area contributed by atoms with Crippen molar-refractivity contribution in [2.45, 2.75) is 31.9 Å². The van der Waals surface area contributed by atoms with E-state index in [1.165, 1.54) is 12.1 Å². The number of urea groups is 1. The normalized spacial score (nSPS) is 16.2. The minimum Gasteiger partial charge on any atom is -0.473 e. The second kappa shape index (κ2) is 8.31. The predicted molar refractivity (Wildman–Crippen MR) is 95.6 cm³/mol. The van der Waals surface area contributed by atoms with Gasteiger partial charge in [-0.25, -0.2) is 14.2 Å². The fourth-order valence-corrected chi connectivity index (χ4v) is 3.23. The first-order chi connectivity index (χ1) is 12.5. The van der Waals surface area contributed by atoms with Crippen molar-refractivity contribution in [1.82, 2.24) is 20.2 Å². The molecule has 1 aromatic carbocycles. The van der Waals surface area contributed by atoms with Gasteiger partial charge in [0.2, 0.25) is 5.88 Å². The number of nitrogens with zero attached hydrogens (tertiary/aromatic N) is 3. The van der Waals surface area contributed by atoms with Crippen molar-refractivity contribution in [1.29, 1.82) is 0 Å². The monoisotopic (exact) mass is 378 g/mol. The van der Waals surface area contributed by atoms with Gasteiger partial charge in [0.1, 0.15) is 11.9 Å². The molecule has 0 unspecified atom stereocenters. The zero-order valence-electron chi connectivity index (χ0n) is 14.4. The average molecular weight is 379 g/mol. The van der Waals surface area contributed by atoms with Crippen molar-refractivity contribution in [3.05, 3.63) is 53.2 Å². The number of hydrogen-bond donors (Lipinski definition) is 1. The number of nitrogens with one attached hydrogen (secondary N) is 1. The number of likely N-dealkylation sites (tertiary alicyclic amines) is 1. The van der Waals surface area contributed by atoms with Crippen LogP contribution in [0.5, 0.6) is 5.88 Å². The molecule has 2 aromatic rings. The summed E-state index contributed by atoms with van der Waals surface area (Å²) in [7, 11) is 0. The minimum absolute atomic E-state index is 0.0136. The maximum Gasteiger partial charge on any atom is 0.317 e. The van der Waals surface area contributed by atoms with E-state index in [2.05, 4.69) is 15.3 Å². The van der Waals surface area contributed by atoms with Crippen LogP contribution in [0.15, 0.2) is 36.8 Å². The Labute approximate surface area is 156 Å². The van der Waals surface area contributed by atoms with Gasteiger partial charge in [0.25, 0.3) is 0 Å². The molecule has 1 aromatic heterocycles. The van der Waals surface area contributed by atoms with E-state index in [9.17, 15) is 9.18 Å². The highest BCUT2D eigenvalue weighted by Crippen LogP contribution is 2.24. The number of piperidine rings is 1. The first-order valence-corrected chi connectivity index (χ1v) is 8.84. The Bertz CT molecular complexity index is 754. The van der Waals surface area contributed by atoms with Crippen LogP contribution in [0.3, 0.4) is 0 Å². The van der Waals surface area contributed by atoms with Gasteiger partial charge in [-0.15, -0.1) is 0 Å². The van der Waals surface area contributed by atoms with Gasteiger partial charge in [-0.05, 0) is 24.6 Å². The third kappa shape index (κ3) is 4.60. The number of aromatic nitrogens is 2. The molecule has 0 bridgehead atoms. The number of benzene rings is 1. The quantitative estimate of drug-likeness (QED) is 0.882. The minimum atomic E-state index is -0.401. The summed E-state index contributed by atoms with van der Waals surface area (Å²) in [6.45, 7) is 2.99. The Kier molecular flexibility index (Phi) is 5.88. The van der Waals surface area contributed by atoms with Gasteiger partial charge >= 0.3 is 6.03 Å². The Morgan fingerprint density at radius 1 is 1.38 bits per heavy atom. The molecule has 0 saturated carbocycles. The summed E-state index contributed by atoms with van der Waals surface area (Å²) in [6.07, 6.45) is 6.20. The largest absolute Gasteiger partial charge is 0.473 e. The van der Waals surface area contributed by atoms with E-state index in [4.69, 9.17) is 16.3 Å². The molecule has 2 heterocycles. The summed E-state index contributed by atoms with van der Waals surface area (Å²) in [4.78, 5) is 22.3. The molecule has 6 nitrogen and oxygen atoms in total. The van der Waals surface area contributed by atoms with Gasteiger partial charge in [-0.3, -0.25) is 4.98 Å². The fraction of sp³-hybridized carbons (Fsp3) is 0.389. The van der Waals surface area contributed by atoms with E-state index >= 15 is 0 Å². The number of rotatable bonds is 4. The molecular weight excluding hydrogens is 359 g/mol. The van der Waals surface area contributed by atoms with Crippen LogP contribution in [0, 0.1) is 5.82 Å². The lowest BCUT2D eigenvalue weighted by molar-refractivity contribution is 0.106. The number of hydrogen-bond acceptors (Lipinski definition) is 4. The highest BCUT2D eigenvalue weighted by Gasteiger charge is 2.25. The molecule has 138 valence electrons. The van der Waals surface area contributed by atoms with Gasteiger partial charge in [0, 0.05) is 43.3 Å². The molecule has 26 heavy (non-hydrogen) atoms. The molecule has 8 heteroatoms. The summed E-state index contributed by atoms with van der Waals surface area (Å²) in [5.74, 6) is 0.0948. The third-order valence-corrected chi connectivity index (χ3v) is 4.65. The molecule has 1 fully saturated rings. The number of ether oxygens (including phenoxy) is 1. The highest BCUT2D eigenvalue weighted by atomic mass is 35.5. The summed E-state index contributed by atoms with van der Waals surface area (Å²) >= 11 is 6.06. The van der Waals surface area contributed by atoms with Crippen molar-refractivity contribution in [2.24, 2.45) is 0 Å². The van der Waals surface area contributed by atoms with E-state index in [0.717, 1.165) is 12.8 Å². The van der Waals surface area contributed by atoms with Gasteiger partial charge < -0.3 is 15.0 Å². The number of carbonyl (C=O) groups is 1. The van der Waals surface area contributed by atoms with Crippen LogP contribution in [0.4, 0.5) is 9.18 Å². The summed E-state index contributed by atoms with van der Waals surface area (Å²) < 4.78 is 18.9.